The minimum absolute atomic E-state index is 0.280. The largest absolute Gasteiger partial charge is 0.388 e. The van der Waals surface area contributed by atoms with Gasteiger partial charge in [0.15, 0.2) is 0 Å². The average Bonchev–Trinajstić information content (AvgIpc) is 2.66. The quantitative estimate of drug-likeness (QED) is 0.736. The molecule has 0 radical (unpaired) electrons. The molecule has 0 aromatic carbocycles. The van der Waals surface area contributed by atoms with Crippen molar-refractivity contribution >= 4 is 0 Å². The third-order valence-electron chi connectivity index (χ3n) is 2.79. The highest BCUT2D eigenvalue weighted by atomic mass is 16.3. The Morgan fingerprint density at radius 1 is 1.53 bits per heavy atom. The number of hydrogen-bond acceptors (Lipinski definition) is 3. The van der Waals surface area contributed by atoms with E-state index < -0.39 is 5.60 Å². The number of aromatic nitrogens is 2. The van der Waals surface area contributed by atoms with E-state index in [4.69, 9.17) is 5.73 Å². The van der Waals surface area contributed by atoms with Crippen molar-refractivity contribution in [3.8, 4) is 0 Å². The molecule has 0 saturated heterocycles. The van der Waals surface area contributed by atoms with Gasteiger partial charge in [0.2, 0.25) is 0 Å². The van der Waals surface area contributed by atoms with Crippen LogP contribution < -0.4 is 5.73 Å². The molecule has 0 aliphatic carbocycles. The Hall–Kier alpha value is -0.870. The molecule has 1 unspecified atom stereocenters. The molecular formula is C11H21N3O. The summed E-state index contributed by atoms with van der Waals surface area (Å²) < 4.78 is 2.08. The average molecular weight is 211 g/mol. The summed E-state index contributed by atoms with van der Waals surface area (Å²) in [6, 6.07) is 0. The van der Waals surface area contributed by atoms with Crippen LogP contribution >= 0.6 is 0 Å². The van der Waals surface area contributed by atoms with Crippen LogP contribution in [0.25, 0.3) is 0 Å². The van der Waals surface area contributed by atoms with Gasteiger partial charge in [0.25, 0.3) is 0 Å². The molecule has 0 saturated carbocycles. The fourth-order valence-corrected chi connectivity index (χ4v) is 1.59. The standard InChI is InChI=1S/C11H21N3O/c1-3-6-14-7-5-13-10(14)8-11(15,4-2)9-12/h5,7,15H,3-4,6,8-9,12H2,1-2H3. The van der Waals surface area contributed by atoms with Crippen molar-refractivity contribution in [2.75, 3.05) is 6.54 Å². The van der Waals surface area contributed by atoms with E-state index in [1.54, 1.807) is 6.20 Å². The zero-order valence-corrected chi connectivity index (χ0v) is 9.61. The topological polar surface area (TPSA) is 64.1 Å². The van der Waals surface area contributed by atoms with Crippen LogP contribution in [0.2, 0.25) is 0 Å². The molecule has 0 bridgehead atoms. The second kappa shape index (κ2) is 5.28. The van der Waals surface area contributed by atoms with Gasteiger partial charge in [0.1, 0.15) is 5.82 Å². The van der Waals surface area contributed by atoms with Gasteiger partial charge in [0.05, 0.1) is 5.60 Å². The van der Waals surface area contributed by atoms with Crippen LogP contribution in [0.4, 0.5) is 0 Å². The summed E-state index contributed by atoms with van der Waals surface area (Å²) in [5.41, 5.74) is 4.76. The first kappa shape index (κ1) is 12.2. The highest BCUT2D eigenvalue weighted by Gasteiger charge is 2.25. The highest BCUT2D eigenvalue weighted by Crippen LogP contribution is 2.15. The van der Waals surface area contributed by atoms with Crippen LogP contribution in [0.3, 0.4) is 0 Å². The van der Waals surface area contributed by atoms with E-state index in [1.165, 1.54) is 0 Å². The van der Waals surface area contributed by atoms with Crippen LogP contribution in [0.5, 0.6) is 0 Å². The number of rotatable bonds is 6. The lowest BCUT2D eigenvalue weighted by Crippen LogP contribution is -2.40. The monoisotopic (exact) mass is 211 g/mol. The van der Waals surface area contributed by atoms with E-state index in [0.29, 0.717) is 12.8 Å². The molecule has 0 aliphatic heterocycles. The Labute approximate surface area is 91.1 Å². The maximum atomic E-state index is 10.1. The number of imidazole rings is 1. The van der Waals surface area contributed by atoms with Crippen LogP contribution in [0, 0.1) is 0 Å². The fraction of sp³-hybridized carbons (Fsp3) is 0.727. The summed E-state index contributed by atoms with van der Waals surface area (Å²) in [6.07, 6.45) is 5.98. The third kappa shape index (κ3) is 3.04. The predicted molar refractivity (Wildman–Crippen MR) is 60.5 cm³/mol. The first-order valence-corrected chi connectivity index (χ1v) is 5.57. The van der Waals surface area contributed by atoms with Crippen molar-refractivity contribution < 1.29 is 5.11 Å². The SMILES string of the molecule is CCCn1ccnc1CC(O)(CC)CN. The van der Waals surface area contributed by atoms with Gasteiger partial charge in [-0.1, -0.05) is 13.8 Å². The van der Waals surface area contributed by atoms with Gasteiger partial charge in [-0.15, -0.1) is 0 Å². The van der Waals surface area contributed by atoms with Crippen molar-refractivity contribution in [2.45, 2.75) is 45.3 Å². The van der Waals surface area contributed by atoms with E-state index in [1.807, 2.05) is 13.1 Å². The van der Waals surface area contributed by atoms with E-state index in [2.05, 4.69) is 16.5 Å². The molecular weight excluding hydrogens is 190 g/mol. The molecule has 1 aromatic heterocycles. The molecule has 4 nitrogen and oxygen atoms in total. The zero-order valence-electron chi connectivity index (χ0n) is 9.61. The number of aryl methyl sites for hydroxylation is 1. The Bertz CT molecular complexity index is 292. The van der Waals surface area contributed by atoms with Crippen molar-refractivity contribution in [1.82, 2.24) is 9.55 Å². The lowest BCUT2D eigenvalue weighted by molar-refractivity contribution is 0.0428. The maximum Gasteiger partial charge on any atom is 0.111 e. The molecule has 3 N–H and O–H groups in total. The highest BCUT2D eigenvalue weighted by molar-refractivity contribution is 4.99. The number of nitrogens with two attached hydrogens (primary N) is 1. The molecule has 1 heterocycles. The summed E-state index contributed by atoms with van der Waals surface area (Å²) in [5, 5.41) is 10.1. The Morgan fingerprint density at radius 2 is 2.27 bits per heavy atom. The molecule has 0 aliphatic rings. The second-order valence-electron chi connectivity index (χ2n) is 4.00. The first-order chi connectivity index (χ1) is 7.15. The summed E-state index contributed by atoms with van der Waals surface area (Å²) in [7, 11) is 0. The normalized spacial score (nSPS) is 15.2. The molecule has 0 amide bonds. The van der Waals surface area contributed by atoms with Crippen molar-refractivity contribution in [3.05, 3.63) is 18.2 Å². The van der Waals surface area contributed by atoms with Gasteiger partial charge >= 0.3 is 0 Å². The third-order valence-corrected chi connectivity index (χ3v) is 2.79. The zero-order chi connectivity index (χ0) is 11.3. The molecule has 86 valence electrons. The summed E-state index contributed by atoms with van der Waals surface area (Å²) in [6.45, 7) is 5.29. The van der Waals surface area contributed by atoms with Gasteiger partial charge in [-0.25, -0.2) is 4.98 Å². The summed E-state index contributed by atoms with van der Waals surface area (Å²) in [5.74, 6) is 0.923. The summed E-state index contributed by atoms with van der Waals surface area (Å²) >= 11 is 0. The minimum Gasteiger partial charge on any atom is -0.388 e. The minimum atomic E-state index is -0.809. The number of hydrogen-bond donors (Lipinski definition) is 2. The van der Waals surface area contributed by atoms with Crippen LogP contribution in [0.15, 0.2) is 12.4 Å². The van der Waals surface area contributed by atoms with Crippen LogP contribution in [0.1, 0.15) is 32.5 Å². The molecule has 15 heavy (non-hydrogen) atoms. The fourth-order valence-electron chi connectivity index (χ4n) is 1.59. The predicted octanol–water partition coefficient (Wildman–Crippen LogP) is 0.935. The van der Waals surface area contributed by atoms with Gasteiger partial charge in [-0.2, -0.15) is 0 Å². The van der Waals surface area contributed by atoms with E-state index in [-0.39, 0.29) is 6.54 Å². The Balaban J connectivity index is 2.74. The second-order valence-corrected chi connectivity index (χ2v) is 4.00. The summed E-state index contributed by atoms with van der Waals surface area (Å²) in [4.78, 5) is 4.26. The lowest BCUT2D eigenvalue weighted by atomic mass is 9.96. The Morgan fingerprint density at radius 3 is 2.80 bits per heavy atom. The van der Waals surface area contributed by atoms with Gasteiger partial charge in [-0.05, 0) is 12.8 Å². The van der Waals surface area contributed by atoms with Gasteiger partial charge in [-0.3, -0.25) is 0 Å². The van der Waals surface area contributed by atoms with E-state index in [9.17, 15) is 5.11 Å². The number of nitrogens with zero attached hydrogens (tertiary/aromatic N) is 2. The Kier molecular flexibility index (Phi) is 4.29. The van der Waals surface area contributed by atoms with Crippen molar-refractivity contribution in [3.63, 3.8) is 0 Å². The van der Waals surface area contributed by atoms with Gasteiger partial charge in [0, 0.05) is 31.9 Å². The molecule has 1 aromatic rings. The lowest BCUT2D eigenvalue weighted by Gasteiger charge is -2.24. The maximum absolute atomic E-state index is 10.1. The molecule has 0 fully saturated rings. The molecule has 1 atom stereocenters. The van der Waals surface area contributed by atoms with Crippen molar-refractivity contribution in [1.29, 1.82) is 0 Å². The molecule has 4 heteroatoms. The first-order valence-electron chi connectivity index (χ1n) is 5.57. The van der Waals surface area contributed by atoms with E-state index >= 15 is 0 Å². The van der Waals surface area contributed by atoms with E-state index in [0.717, 1.165) is 18.8 Å². The number of aliphatic hydroxyl groups is 1. The van der Waals surface area contributed by atoms with Crippen molar-refractivity contribution in [2.24, 2.45) is 5.73 Å². The molecule has 1 rings (SSSR count). The van der Waals surface area contributed by atoms with Crippen LogP contribution in [-0.2, 0) is 13.0 Å². The van der Waals surface area contributed by atoms with Gasteiger partial charge < -0.3 is 15.4 Å². The van der Waals surface area contributed by atoms with Crippen LogP contribution in [-0.4, -0.2) is 26.8 Å². The molecule has 0 spiro atoms. The smallest absolute Gasteiger partial charge is 0.111 e.